The number of carboxylic acid groups (broad SMARTS) is 1. The lowest BCUT2D eigenvalue weighted by Gasteiger charge is -2.20. The van der Waals surface area contributed by atoms with Crippen molar-refractivity contribution in [2.24, 2.45) is 5.92 Å². The SMILES string of the molecule is C[C@@H](NC(=O)OCC1c2ccccc2-c2ccccc21)C(=O)NC1COCC1C(=O)O. The van der Waals surface area contributed by atoms with Gasteiger partial charge in [-0.15, -0.1) is 0 Å². The van der Waals surface area contributed by atoms with E-state index in [1.807, 2.05) is 36.4 Å². The second kappa shape index (κ2) is 8.77. The summed E-state index contributed by atoms with van der Waals surface area (Å²) in [4.78, 5) is 35.9. The van der Waals surface area contributed by atoms with Crippen molar-refractivity contribution in [2.75, 3.05) is 19.8 Å². The molecule has 8 nitrogen and oxygen atoms in total. The molecule has 1 aliphatic heterocycles. The highest BCUT2D eigenvalue weighted by Crippen LogP contribution is 2.44. The minimum Gasteiger partial charge on any atom is -0.481 e. The standard InChI is InChI=1S/C23H24N2O6/c1-13(21(26)25-20-12-30-10-19(20)22(27)28)24-23(29)31-11-18-16-8-4-2-6-14(16)15-7-3-5-9-17(15)18/h2-9,13,18-20H,10-12H2,1H3,(H,24,29)(H,25,26)(H,27,28)/t13-,19?,20?/m1/s1. The van der Waals surface area contributed by atoms with Gasteiger partial charge >= 0.3 is 12.1 Å². The second-order valence-corrected chi connectivity index (χ2v) is 7.79. The van der Waals surface area contributed by atoms with Crippen LogP contribution in [0.1, 0.15) is 24.0 Å². The van der Waals surface area contributed by atoms with Gasteiger partial charge in [-0.05, 0) is 29.2 Å². The molecule has 1 heterocycles. The number of amides is 2. The van der Waals surface area contributed by atoms with E-state index in [2.05, 4.69) is 22.8 Å². The van der Waals surface area contributed by atoms with E-state index in [1.165, 1.54) is 6.92 Å². The molecule has 2 aromatic rings. The normalized spacial score (nSPS) is 20.4. The Hall–Kier alpha value is -3.39. The van der Waals surface area contributed by atoms with Crippen molar-refractivity contribution in [1.82, 2.24) is 10.6 Å². The number of rotatable bonds is 6. The Morgan fingerprint density at radius 3 is 2.29 bits per heavy atom. The first-order valence-corrected chi connectivity index (χ1v) is 10.2. The molecule has 162 valence electrons. The molecule has 4 rings (SSSR count). The van der Waals surface area contributed by atoms with Crippen molar-refractivity contribution < 1.29 is 29.0 Å². The third-order valence-corrected chi connectivity index (χ3v) is 5.80. The van der Waals surface area contributed by atoms with Crippen LogP contribution in [0.15, 0.2) is 48.5 Å². The molecule has 2 unspecified atom stereocenters. The number of aliphatic carboxylic acids is 1. The molecular formula is C23H24N2O6. The van der Waals surface area contributed by atoms with Crippen LogP contribution < -0.4 is 10.6 Å². The lowest BCUT2D eigenvalue weighted by molar-refractivity contribution is -0.142. The fraction of sp³-hybridized carbons (Fsp3) is 0.348. The van der Waals surface area contributed by atoms with Gasteiger partial charge in [0.2, 0.25) is 5.91 Å². The maximum absolute atomic E-state index is 12.4. The Morgan fingerprint density at radius 2 is 1.68 bits per heavy atom. The summed E-state index contributed by atoms with van der Waals surface area (Å²) in [5.74, 6) is -2.39. The number of carbonyl (C=O) groups excluding carboxylic acids is 2. The van der Waals surface area contributed by atoms with E-state index >= 15 is 0 Å². The molecule has 2 aromatic carbocycles. The highest BCUT2D eigenvalue weighted by atomic mass is 16.5. The fourth-order valence-electron chi connectivity index (χ4n) is 4.13. The van der Waals surface area contributed by atoms with Crippen molar-refractivity contribution >= 4 is 18.0 Å². The van der Waals surface area contributed by atoms with E-state index in [-0.39, 0.29) is 25.7 Å². The minimum absolute atomic E-state index is 0.0501. The number of nitrogens with one attached hydrogen (secondary N) is 2. The predicted molar refractivity (Wildman–Crippen MR) is 112 cm³/mol. The van der Waals surface area contributed by atoms with Crippen molar-refractivity contribution in [3.8, 4) is 11.1 Å². The zero-order valence-electron chi connectivity index (χ0n) is 17.0. The molecule has 1 fully saturated rings. The van der Waals surface area contributed by atoms with Gasteiger partial charge in [0, 0.05) is 5.92 Å². The van der Waals surface area contributed by atoms with Gasteiger partial charge in [-0.25, -0.2) is 4.79 Å². The Bertz CT molecular complexity index is 962. The zero-order chi connectivity index (χ0) is 22.0. The molecule has 31 heavy (non-hydrogen) atoms. The van der Waals surface area contributed by atoms with Gasteiger partial charge in [0.05, 0.1) is 19.3 Å². The third kappa shape index (κ3) is 4.25. The molecule has 8 heteroatoms. The van der Waals surface area contributed by atoms with E-state index in [4.69, 9.17) is 9.47 Å². The maximum Gasteiger partial charge on any atom is 0.407 e. The summed E-state index contributed by atoms with van der Waals surface area (Å²) in [6.07, 6.45) is -0.707. The van der Waals surface area contributed by atoms with Gasteiger partial charge in [-0.1, -0.05) is 48.5 Å². The number of alkyl carbamates (subject to hydrolysis) is 1. The average molecular weight is 424 g/mol. The van der Waals surface area contributed by atoms with Crippen LogP contribution in [-0.4, -0.2) is 55.0 Å². The number of benzene rings is 2. The molecule has 1 aliphatic carbocycles. The fourth-order valence-corrected chi connectivity index (χ4v) is 4.13. The van der Waals surface area contributed by atoms with E-state index < -0.39 is 36.0 Å². The average Bonchev–Trinajstić information content (AvgIpc) is 3.35. The Kier molecular flexibility index (Phi) is 5.90. The molecule has 0 aromatic heterocycles. The van der Waals surface area contributed by atoms with Crippen molar-refractivity contribution in [2.45, 2.75) is 24.9 Å². The topological polar surface area (TPSA) is 114 Å². The lowest BCUT2D eigenvalue weighted by Crippen LogP contribution is -2.51. The maximum atomic E-state index is 12.4. The summed E-state index contributed by atoms with van der Waals surface area (Å²) in [7, 11) is 0. The molecule has 0 saturated carbocycles. The highest BCUT2D eigenvalue weighted by molar-refractivity contribution is 5.86. The number of carbonyl (C=O) groups is 3. The monoisotopic (exact) mass is 424 g/mol. The lowest BCUT2D eigenvalue weighted by atomic mass is 9.98. The Labute approximate surface area is 179 Å². The summed E-state index contributed by atoms with van der Waals surface area (Å²) in [6, 6.07) is 14.5. The summed E-state index contributed by atoms with van der Waals surface area (Å²) in [5.41, 5.74) is 4.46. The van der Waals surface area contributed by atoms with Crippen LogP contribution >= 0.6 is 0 Å². The van der Waals surface area contributed by atoms with Crippen LogP contribution in [-0.2, 0) is 19.1 Å². The van der Waals surface area contributed by atoms with Crippen molar-refractivity contribution in [1.29, 1.82) is 0 Å². The van der Waals surface area contributed by atoms with Crippen LogP contribution in [0.25, 0.3) is 11.1 Å². The van der Waals surface area contributed by atoms with Crippen molar-refractivity contribution in [3.63, 3.8) is 0 Å². The first-order valence-electron chi connectivity index (χ1n) is 10.2. The first kappa shape index (κ1) is 20.9. The van der Waals surface area contributed by atoms with Gasteiger partial charge in [0.15, 0.2) is 0 Å². The summed E-state index contributed by atoms with van der Waals surface area (Å²) >= 11 is 0. The van der Waals surface area contributed by atoms with Gasteiger partial charge in [0.1, 0.15) is 18.6 Å². The Balaban J connectivity index is 1.33. The molecule has 2 amide bonds. The molecule has 1 saturated heterocycles. The molecule has 3 N–H and O–H groups in total. The number of fused-ring (bicyclic) bond motifs is 3. The molecule has 0 radical (unpaired) electrons. The second-order valence-electron chi connectivity index (χ2n) is 7.79. The van der Waals surface area contributed by atoms with E-state index in [9.17, 15) is 19.5 Å². The highest BCUT2D eigenvalue weighted by Gasteiger charge is 2.36. The van der Waals surface area contributed by atoms with Gasteiger partial charge < -0.3 is 25.2 Å². The van der Waals surface area contributed by atoms with Crippen LogP contribution in [0.2, 0.25) is 0 Å². The summed E-state index contributed by atoms with van der Waals surface area (Å²) in [5, 5.41) is 14.3. The molecule has 3 atom stereocenters. The molecular weight excluding hydrogens is 400 g/mol. The number of hydrogen-bond acceptors (Lipinski definition) is 5. The van der Waals surface area contributed by atoms with E-state index in [0.29, 0.717) is 0 Å². The third-order valence-electron chi connectivity index (χ3n) is 5.80. The van der Waals surface area contributed by atoms with Crippen molar-refractivity contribution in [3.05, 3.63) is 59.7 Å². The summed E-state index contributed by atoms with van der Waals surface area (Å²) < 4.78 is 10.6. The minimum atomic E-state index is -1.03. The largest absolute Gasteiger partial charge is 0.481 e. The van der Waals surface area contributed by atoms with Gasteiger partial charge in [-0.3, -0.25) is 9.59 Å². The van der Waals surface area contributed by atoms with Crippen LogP contribution in [0.3, 0.4) is 0 Å². The number of hydrogen-bond donors (Lipinski definition) is 3. The number of ether oxygens (including phenoxy) is 2. The van der Waals surface area contributed by atoms with Crippen LogP contribution in [0.5, 0.6) is 0 Å². The smallest absolute Gasteiger partial charge is 0.407 e. The van der Waals surface area contributed by atoms with Gasteiger partial charge in [-0.2, -0.15) is 0 Å². The molecule has 0 spiro atoms. The zero-order valence-corrected chi connectivity index (χ0v) is 17.0. The van der Waals surface area contributed by atoms with Crippen LogP contribution in [0, 0.1) is 5.92 Å². The quantitative estimate of drug-likeness (QED) is 0.655. The Morgan fingerprint density at radius 1 is 1.06 bits per heavy atom. The summed E-state index contributed by atoms with van der Waals surface area (Å²) in [6.45, 7) is 1.84. The first-order chi connectivity index (χ1) is 15.0. The number of carboxylic acids is 1. The molecule has 0 bridgehead atoms. The molecule has 2 aliphatic rings. The van der Waals surface area contributed by atoms with E-state index in [1.54, 1.807) is 0 Å². The van der Waals surface area contributed by atoms with Gasteiger partial charge in [0.25, 0.3) is 0 Å². The predicted octanol–water partition coefficient (Wildman–Crippen LogP) is 2.13. The van der Waals surface area contributed by atoms with E-state index in [0.717, 1.165) is 22.3 Å². The van der Waals surface area contributed by atoms with Crippen LogP contribution in [0.4, 0.5) is 4.79 Å².